The zero-order chi connectivity index (χ0) is 15.8. The van der Waals surface area contributed by atoms with Gasteiger partial charge in [-0.1, -0.05) is 24.3 Å². The molecule has 0 aliphatic carbocycles. The number of hydrogen-bond donors (Lipinski definition) is 0. The van der Waals surface area contributed by atoms with Crippen LogP contribution in [0.15, 0.2) is 42.6 Å². The molecule has 2 saturated heterocycles. The number of likely N-dealkylation sites (N-methyl/N-ethyl adjacent to an activating group) is 1. The fourth-order valence-electron chi connectivity index (χ4n) is 4.14. The highest BCUT2D eigenvalue weighted by Crippen LogP contribution is 2.31. The Morgan fingerprint density at radius 2 is 1.83 bits per heavy atom. The molecule has 0 N–H and O–H groups in total. The minimum absolute atomic E-state index is 0.707. The van der Waals surface area contributed by atoms with Crippen molar-refractivity contribution in [3.8, 4) is 11.3 Å². The second-order valence-electron chi connectivity index (χ2n) is 7.00. The Bertz CT molecular complexity index is 680. The highest BCUT2D eigenvalue weighted by molar-refractivity contribution is 5.65. The Balaban J connectivity index is 1.56. The van der Waals surface area contributed by atoms with Crippen molar-refractivity contribution in [3.05, 3.63) is 48.2 Å². The van der Waals surface area contributed by atoms with Gasteiger partial charge in [0.1, 0.15) is 0 Å². The van der Waals surface area contributed by atoms with Crippen molar-refractivity contribution in [2.24, 2.45) is 0 Å². The van der Waals surface area contributed by atoms with Crippen molar-refractivity contribution in [1.82, 2.24) is 9.88 Å². The van der Waals surface area contributed by atoms with Crippen LogP contribution in [-0.2, 0) is 0 Å². The average molecular weight is 307 g/mol. The normalized spacial score (nSPS) is 24.7. The van der Waals surface area contributed by atoms with Crippen molar-refractivity contribution in [2.75, 3.05) is 25.0 Å². The van der Waals surface area contributed by atoms with Gasteiger partial charge in [0.2, 0.25) is 0 Å². The predicted molar refractivity (Wildman–Crippen MR) is 95.8 cm³/mol. The molecule has 2 aliphatic rings. The summed E-state index contributed by atoms with van der Waals surface area (Å²) >= 11 is 0. The third-order valence-electron chi connectivity index (χ3n) is 5.68. The van der Waals surface area contributed by atoms with E-state index in [9.17, 15) is 0 Å². The maximum absolute atomic E-state index is 4.74. The van der Waals surface area contributed by atoms with Gasteiger partial charge >= 0.3 is 0 Å². The van der Waals surface area contributed by atoms with E-state index in [0.717, 1.165) is 24.8 Å². The smallest absolute Gasteiger partial charge is 0.0706 e. The summed E-state index contributed by atoms with van der Waals surface area (Å²) in [5, 5.41) is 0. The van der Waals surface area contributed by atoms with E-state index in [1.807, 2.05) is 0 Å². The lowest BCUT2D eigenvalue weighted by Crippen LogP contribution is -2.36. The lowest BCUT2D eigenvalue weighted by atomic mass is 10.0. The number of nitrogens with zero attached hydrogens (tertiary/aromatic N) is 3. The van der Waals surface area contributed by atoms with E-state index in [-0.39, 0.29) is 0 Å². The molecule has 2 fully saturated rings. The molecular formula is C20H25N3. The number of pyridine rings is 1. The molecule has 1 aromatic carbocycles. The summed E-state index contributed by atoms with van der Waals surface area (Å²) in [6, 6.07) is 14.4. The molecule has 2 atom stereocenters. The maximum Gasteiger partial charge on any atom is 0.0706 e. The molecule has 2 aromatic rings. The van der Waals surface area contributed by atoms with Gasteiger partial charge in [0.05, 0.1) is 17.6 Å². The number of aryl methyl sites for hydroxylation is 1. The number of anilines is 1. The lowest BCUT2D eigenvalue weighted by Gasteiger charge is -2.27. The van der Waals surface area contributed by atoms with Gasteiger partial charge in [-0.25, -0.2) is 0 Å². The number of aromatic nitrogens is 1. The molecule has 2 unspecified atom stereocenters. The molecule has 0 radical (unpaired) electrons. The van der Waals surface area contributed by atoms with Crippen molar-refractivity contribution in [3.63, 3.8) is 0 Å². The third kappa shape index (κ3) is 2.74. The number of rotatable bonds is 2. The SMILES string of the molecule is Cc1ccccc1-c1ccc(N2CCC3CCC(C2)N3C)cn1. The average Bonchev–Trinajstić information content (AvgIpc) is 2.81. The zero-order valence-corrected chi connectivity index (χ0v) is 14.1. The molecule has 0 saturated carbocycles. The van der Waals surface area contributed by atoms with Crippen LogP contribution in [0, 0.1) is 6.92 Å². The summed E-state index contributed by atoms with van der Waals surface area (Å²) in [7, 11) is 2.30. The third-order valence-corrected chi connectivity index (χ3v) is 5.68. The molecule has 2 aliphatic heterocycles. The van der Waals surface area contributed by atoms with Crippen molar-refractivity contribution in [2.45, 2.75) is 38.3 Å². The summed E-state index contributed by atoms with van der Waals surface area (Å²) < 4.78 is 0. The van der Waals surface area contributed by atoms with Crippen molar-refractivity contribution < 1.29 is 0 Å². The first kappa shape index (κ1) is 14.7. The molecule has 0 spiro atoms. The monoisotopic (exact) mass is 307 g/mol. The number of benzene rings is 1. The minimum atomic E-state index is 0.707. The molecule has 4 rings (SSSR count). The van der Waals surface area contributed by atoms with Crippen LogP contribution in [-0.4, -0.2) is 42.1 Å². The van der Waals surface area contributed by atoms with E-state index in [0.29, 0.717) is 6.04 Å². The Morgan fingerprint density at radius 3 is 2.61 bits per heavy atom. The topological polar surface area (TPSA) is 19.4 Å². The molecule has 2 bridgehead atoms. The second-order valence-corrected chi connectivity index (χ2v) is 7.00. The summed E-state index contributed by atoms with van der Waals surface area (Å²) in [6.45, 7) is 4.43. The molecule has 0 amide bonds. The summed E-state index contributed by atoms with van der Waals surface area (Å²) in [5.41, 5.74) is 4.85. The van der Waals surface area contributed by atoms with E-state index < -0.39 is 0 Å². The van der Waals surface area contributed by atoms with Crippen LogP contribution in [0.4, 0.5) is 5.69 Å². The van der Waals surface area contributed by atoms with E-state index >= 15 is 0 Å². The summed E-state index contributed by atoms with van der Waals surface area (Å²) in [5.74, 6) is 0. The number of hydrogen-bond acceptors (Lipinski definition) is 3. The quantitative estimate of drug-likeness (QED) is 0.843. The van der Waals surface area contributed by atoms with Crippen LogP contribution >= 0.6 is 0 Å². The first-order valence-corrected chi connectivity index (χ1v) is 8.71. The van der Waals surface area contributed by atoms with Crippen molar-refractivity contribution >= 4 is 5.69 Å². The van der Waals surface area contributed by atoms with Crippen LogP contribution < -0.4 is 4.90 Å². The second kappa shape index (κ2) is 5.97. The number of fused-ring (bicyclic) bond motifs is 2. The van der Waals surface area contributed by atoms with Gasteiger partial charge in [-0.15, -0.1) is 0 Å². The Morgan fingerprint density at radius 1 is 1.00 bits per heavy atom. The van der Waals surface area contributed by atoms with Crippen LogP contribution in [0.1, 0.15) is 24.8 Å². The van der Waals surface area contributed by atoms with Gasteiger partial charge in [0, 0.05) is 30.7 Å². The van der Waals surface area contributed by atoms with E-state index in [2.05, 4.69) is 66.4 Å². The lowest BCUT2D eigenvalue weighted by molar-refractivity contribution is 0.254. The Labute approximate surface area is 139 Å². The fourth-order valence-corrected chi connectivity index (χ4v) is 4.14. The first-order valence-electron chi connectivity index (χ1n) is 8.71. The van der Waals surface area contributed by atoms with E-state index in [4.69, 9.17) is 4.98 Å². The van der Waals surface area contributed by atoms with Crippen molar-refractivity contribution in [1.29, 1.82) is 0 Å². The molecule has 1 aromatic heterocycles. The maximum atomic E-state index is 4.74. The van der Waals surface area contributed by atoms with Gasteiger partial charge < -0.3 is 4.90 Å². The summed E-state index contributed by atoms with van der Waals surface area (Å²) in [6.07, 6.45) is 6.04. The highest BCUT2D eigenvalue weighted by atomic mass is 15.3. The van der Waals surface area contributed by atoms with Crippen LogP contribution in [0.5, 0.6) is 0 Å². The van der Waals surface area contributed by atoms with Crippen LogP contribution in [0.2, 0.25) is 0 Å². The van der Waals surface area contributed by atoms with E-state index in [1.165, 1.54) is 36.1 Å². The van der Waals surface area contributed by atoms with Gasteiger partial charge in [0.15, 0.2) is 0 Å². The summed E-state index contributed by atoms with van der Waals surface area (Å²) in [4.78, 5) is 9.86. The molecule has 3 heteroatoms. The van der Waals surface area contributed by atoms with Gasteiger partial charge in [-0.3, -0.25) is 9.88 Å². The first-order chi connectivity index (χ1) is 11.2. The molecular weight excluding hydrogens is 282 g/mol. The molecule has 3 nitrogen and oxygen atoms in total. The molecule has 120 valence electrons. The van der Waals surface area contributed by atoms with Crippen LogP contribution in [0.3, 0.4) is 0 Å². The minimum Gasteiger partial charge on any atom is -0.369 e. The largest absolute Gasteiger partial charge is 0.369 e. The van der Waals surface area contributed by atoms with Gasteiger partial charge in [0.25, 0.3) is 0 Å². The van der Waals surface area contributed by atoms with Gasteiger partial charge in [-0.2, -0.15) is 0 Å². The molecule has 3 heterocycles. The highest BCUT2D eigenvalue weighted by Gasteiger charge is 2.34. The Hall–Kier alpha value is -1.87. The predicted octanol–water partition coefficient (Wildman–Crippen LogP) is 3.73. The standard InChI is InChI=1S/C20H25N3/c1-15-5-3-4-6-19(15)20-10-9-17(13-21-20)23-12-11-16-7-8-18(14-23)22(16)2/h3-6,9-10,13,16,18H,7-8,11-12,14H2,1-2H3. The van der Waals surface area contributed by atoms with Crippen LogP contribution in [0.25, 0.3) is 11.3 Å². The Kier molecular flexibility index (Phi) is 3.82. The van der Waals surface area contributed by atoms with E-state index in [1.54, 1.807) is 0 Å². The molecule has 23 heavy (non-hydrogen) atoms. The fraction of sp³-hybridized carbons (Fsp3) is 0.450. The van der Waals surface area contributed by atoms with Gasteiger partial charge in [-0.05, 0) is 50.9 Å². The zero-order valence-electron chi connectivity index (χ0n) is 14.1.